The highest BCUT2D eigenvalue weighted by molar-refractivity contribution is 5.97. The first-order chi connectivity index (χ1) is 28.6. The lowest BCUT2D eigenvalue weighted by Gasteiger charge is -2.28. The summed E-state index contributed by atoms with van der Waals surface area (Å²) in [5.41, 5.74) is 17.5. The monoisotopic (exact) mass is 853 g/mol. The average Bonchev–Trinajstić information content (AvgIpc) is 3.17. The van der Waals surface area contributed by atoms with Crippen molar-refractivity contribution in [2.75, 3.05) is 0 Å². The quantitative estimate of drug-likeness (QED) is 0.0536. The van der Waals surface area contributed by atoms with E-state index in [2.05, 4.69) is 31.9 Å². The highest BCUT2D eigenvalue weighted by Gasteiger charge is 2.34. The van der Waals surface area contributed by atoms with Crippen molar-refractivity contribution in [1.82, 2.24) is 31.9 Å². The second-order valence-corrected chi connectivity index (χ2v) is 15.5. The van der Waals surface area contributed by atoms with Gasteiger partial charge in [-0.3, -0.25) is 38.4 Å². The molecule has 0 aliphatic heterocycles. The average molecular weight is 854 g/mol. The number of phenols is 1. The molecule has 0 bridgehead atoms. The third kappa shape index (κ3) is 18.1. The van der Waals surface area contributed by atoms with Gasteiger partial charge in [-0.15, -0.1) is 0 Å². The first kappa shape index (κ1) is 50.6. The molecule has 0 heterocycles. The van der Waals surface area contributed by atoms with Crippen LogP contribution in [-0.4, -0.2) is 106 Å². The largest absolute Gasteiger partial charge is 0.508 e. The standard InChI is InChI=1S/C41H59N9O11/c1-21(2)17-29(48-40(59)31(19-25-11-13-26(51)14-12-25)47-36(55)27(42)20-33(44)53)39(58)46-28(15-16-32(43)52)37(56)49-30(18-24-9-7-6-8-10-24)38(57)45-23(5)35(54)50-34(22(3)4)41(60)61/h6-14,21-23,27-31,34,51H,15-20,42H2,1-5H3,(H2,43,52)(H2,44,53)(H,45,57)(H,46,58)(H,47,55)(H,48,59)(H,49,56)(H,50,54)(H,60,61)/t23-,27-,28-,29-,30-,31-,34-/m0/s1. The van der Waals surface area contributed by atoms with Crippen LogP contribution in [0, 0.1) is 11.8 Å². The first-order valence-electron chi connectivity index (χ1n) is 19.8. The lowest BCUT2D eigenvalue weighted by atomic mass is 9.99. The molecule has 20 heteroatoms. The highest BCUT2D eigenvalue weighted by Crippen LogP contribution is 2.14. The summed E-state index contributed by atoms with van der Waals surface area (Å²) in [5, 5.41) is 34.4. The number of amides is 8. The summed E-state index contributed by atoms with van der Waals surface area (Å²) in [7, 11) is 0. The van der Waals surface area contributed by atoms with E-state index < -0.39 is 108 Å². The van der Waals surface area contributed by atoms with Crippen molar-refractivity contribution < 1.29 is 53.4 Å². The molecule has 0 saturated carbocycles. The maximum absolute atomic E-state index is 14.0. The van der Waals surface area contributed by atoms with Crippen molar-refractivity contribution in [2.45, 2.75) is 115 Å². The Kier molecular flexibility index (Phi) is 20.3. The Labute approximate surface area is 353 Å². The zero-order valence-electron chi connectivity index (χ0n) is 34.9. The van der Waals surface area contributed by atoms with Crippen LogP contribution < -0.4 is 49.1 Å². The second kappa shape index (κ2) is 24.5. The zero-order chi connectivity index (χ0) is 46.0. The van der Waals surface area contributed by atoms with Gasteiger partial charge in [0.2, 0.25) is 47.3 Å². The molecule has 2 aromatic rings. The van der Waals surface area contributed by atoms with Crippen LogP contribution in [0.25, 0.3) is 0 Å². The van der Waals surface area contributed by atoms with E-state index in [9.17, 15) is 53.4 Å². The number of carbonyl (C=O) groups is 9. The third-order valence-electron chi connectivity index (χ3n) is 9.32. The van der Waals surface area contributed by atoms with Crippen molar-refractivity contribution in [1.29, 1.82) is 0 Å². The molecule has 20 nitrogen and oxygen atoms in total. The topological polar surface area (TPSA) is 344 Å². The van der Waals surface area contributed by atoms with E-state index >= 15 is 0 Å². The predicted molar refractivity (Wildman–Crippen MR) is 221 cm³/mol. The van der Waals surface area contributed by atoms with E-state index in [1.165, 1.54) is 31.2 Å². The summed E-state index contributed by atoms with van der Waals surface area (Å²) in [6.07, 6.45) is -1.41. The number of nitrogens with two attached hydrogens (primary N) is 3. The predicted octanol–water partition coefficient (Wildman–Crippen LogP) is -1.64. The van der Waals surface area contributed by atoms with Crippen molar-refractivity contribution >= 4 is 53.2 Å². The van der Waals surface area contributed by atoms with Crippen LogP contribution in [0.1, 0.15) is 71.4 Å². The fraction of sp³-hybridized carbons (Fsp3) is 0.488. The number of primary amides is 2. The molecule has 0 spiro atoms. The summed E-state index contributed by atoms with van der Waals surface area (Å²) >= 11 is 0. The minimum Gasteiger partial charge on any atom is -0.508 e. The van der Waals surface area contributed by atoms with Crippen molar-refractivity contribution in [3.8, 4) is 5.75 Å². The smallest absolute Gasteiger partial charge is 0.326 e. The fourth-order valence-corrected chi connectivity index (χ4v) is 5.97. The van der Waals surface area contributed by atoms with Gasteiger partial charge in [0, 0.05) is 19.3 Å². The molecule has 8 amide bonds. The third-order valence-corrected chi connectivity index (χ3v) is 9.32. The minimum atomic E-state index is -1.49. The highest BCUT2D eigenvalue weighted by atomic mass is 16.4. The Balaban J connectivity index is 2.40. The van der Waals surface area contributed by atoms with E-state index in [1.807, 2.05) is 0 Å². The molecule has 14 N–H and O–H groups in total. The Hall–Kier alpha value is -6.57. The number of aromatic hydroxyl groups is 1. The number of nitrogens with one attached hydrogen (secondary N) is 6. The number of carbonyl (C=O) groups excluding carboxylic acids is 8. The van der Waals surface area contributed by atoms with E-state index in [1.54, 1.807) is 58.0 Å². The normalized spacial score (nSPS) is 14.5. The summed E-state index contributed by atoms with van der Waals surface area (Å²) in [4.78, 5) is 116. The molecular formula is C41H59N9O11. The summed E-state index contributed by atoms with van der Waals surface area (Å²) in [6.45, 7) is 8.07. The molecule has 0 unspecified atom stereocenters. The van der Waals surface area contributed by atoms with Crippen molar-refractivity contribution in [3.05, 3.63) is 65.7 Å². The number of rotatable bonds is 25. The van der Waals surface area contributed by atoms with Gasteiger partial charge in [-0.05, 0) is 54.9 Å². The molecule has 61 heavy (non-hydrogen) atoms. The summed E-state index contributed by atoms with van der Waals surface area (Å²) in [5.74, 6) is -8.77. The van der Waals surface area contributed by atoms with Gasteiger partial charge < -0.3 is 59.3 Å². The van der Waals surface area contributed by atoms with E-state index in [4.69, 9.17) is 17.2 Å². The van der Waals surface area contributed by atoms with Crippen LogP contribution in [0.15, 0.2) is 54.6 Å². The molecule has 0 saturated heterocycles. The molecule has 0 aliphatic carbocycles. The van der Waals surface area contributed by atoms with E-state index in [0.717, 1.165) is 0 Å². The van der Waals surface area contributed by atoms with E-state index in [0.29, 0.717) is 11.1 Å². The minimum absolute atomic E-state index is 0.0291. The number of benzene rings is 2. The number of hydrogen-bond acceptors (Lipinski definition) is 11. The maximum atomic E-state index is 14.0. The zero-order valence-corrected chi connectivity index (χ0v) is 34.9. The number of phenolic OH excluding ortho intramolecular Hbond substituents is 1. The number of carboxylic acids is 1. The Morgan fingerprint density at radius 1 is 0.574 bits per heavy atom. The van der Waals surface area contributed by atoms with Gasteiger partial charge in [-0.25, -0.2) is 4.79 Å². The molecular weight excluding hydrogens is 795 g/mol. The van der Waals surface area contributed by atoms with Crippen LogP contribution in [0.5, 0.6) is 5.75 Å². The number of carboxylic acid groups (broad SMARTS) is 1. The Bertz CT molecular complexity index is 1860. The molecule has 0 fully saturated rings. The molecule has 0 radical (unpaired) electrons. The van der Waals surface area contributed by atoms with Gasteiger partial charge in [0.15, 0.2) is 0 Å². The molecule has 7 atom stereocenters. The van der Waals surface area contributed by atoms with Gasteiger partial charge in [0.1, 0.15) is 42.0 Å². The lowest BCUT2D eigenvalue weighted by molar-refractivity contribution is -0.143. The van der Waals surface area contributed by atoms with Crippen molar-refractivity contribution in [3.63, 3.8) is 0 Å². The molecule has 0 aromatic heterocycles. The summed E-state index contributed by atoms with van der Waals surface area (Å²) in [6, 6.07) is 4.90. The number of aliphatic carboxylic acids is 1. The maximum Gasteiger partial charge on any atom is 0.326 e. The molecule has 2 rings (SSSR count). The SMILES string of the molecule is CC(C)C[C@H](NC(=O)[C@H](Cc1ccc(O)cc1)NC(=O)[C@@H](N)CC(N)=O)C(=O)N[C@@H](CCC(N)=O)C(=O)N[C@@H](Cc1ccccc1)C(=O)N[C@@H](C)C(=O)N[C@H](C(=O)O)C(C)C. The van der Waals surface area contributed by atoms with Gasteiger partial charge in [0.05, 0.1) is 12.5 Å². The van der Waals surface area contributed by atoms with Crippen LogP contribution >= 0.6 is 0 Å². The number of hydrogen-bond donors (Lipinski definition) is 11. The fourth-order valence-electron chi connectivity index (χ4n) is 5.97. The van der Waals surface area contributed by atoms with Gasteiger partial charge in [0.25, 0.3) is 0 Å². The molecule has 2 aromatic carbocycles. The van der Waals surface area contributed by atoms with Crippen LogP contribution in [0.3, 0.4) is 0 Å². The summed E-state index contributed by atoms with van der Waals surface area (Å²) < 4.78 is 0. The molecule has 334 valence electrons. The van der Waals surface area contributed by atoms with Crippen molar-refractivity contribution in [2.24, 2.45) is 29.0 Å². The first-order valence-corrected chi connectivity index (χ1v) is 19.8. The second-order valence-electron chi connectivity index (χ2n) is 15.5. The Morgan fingerprint density at radius 3 is 1.56 bits per heavy atom. The van der Waals surface area contributed by atoms with Gasteiger partial charge in [-0.2, -0.15) is 0 Å². The van der Waals surface area contributed by atoms with Crippen LogP contribution in [0.2, 0.25) is 0 Å². The lowest BCUT2D eigenvalue weighted by Crippen LogP contribution is -2.60. The van der Waals surface area contributed by atoms with Crippen LogP contribution in [-0.2, 0) is 56.0 Å². The van der Waals surface area contributed by atoms with Gasteiger partial charge in [-0.1, -0.05) is 70.2 Å². The molecule has 0 aliphatic rings. The van der Waals surface area contributed by atoms with E-state index in [-0.39, 0.29) is 43.8 Å². The van der Waals surface area contributed by atoms with Crippen LogP contribution in [0.4, 0.5) is 0 Å². The Morgan fingerprint density at radius 2 is 1.05 bits per heavy atom. The van der Waals surface area contributed by atoms with Gasteiger partial charge >= 0.3 is 5.97 Å².